The van der Waals surface area contributed by atoms with Gasteiger partial charge in [-0.2, -0.15) is 0 Å². The van der Waals surface area contributed by atoms with Gasteiger partial charge in [0.2, 0.25) is 0 Å². The molecule has 3 rings (SSSR count). The molecule has 0 saturated heterocycles. The maximum atomic E-state index is 12.7. The fraction of sp³-hybridized carbons (Fsp3) is 0.208. The molecule has 0 aromatic heterocycles. The van der Waals surface area contributed by atoms with E-state index >= 15 is 0 Å². The van der Waals surface area contributed by atoms with Crippen LogP contribution in [0.25, 0.3) is 0 Å². The van der Waals surface area contributed by atoms with Gasteiger partial charge in [-0.3, -0.25) is 4.79 Å². The van der Waals surface area contributed by atoms with Crippen molar-refractivity contribution in [3.8, 4) is 11.5 Å². The summed E-state index contributed by atoms with van der Waals surface area (Å²) in [6, 6.07) is 20.5. The maximum Gasteiger partial charge on any atom is 0.255 e. The summed E-state index contributed by atoms with van der Waals surface area (Å²) in [5.74, 6) is 1.09. The Labute approximate surface area is 176 Å². The van der Waals surface area contributed by atoms with Gasteiger partial charge in [0.15, 0.2) is 0 Å². The molecule has 0 atom stereocenters. The second-order valence-corrected chi connectivity index (χ2v) is 6.89. The van der Waals surface area contributed by atoms with Crippen molar-refractivity contribution in [3.05, 3.63) is 88.4 Å². The Kier molecular flexibility index (Phi) is 7.14. The molecule has 0 heterocycles. The highest BCUT2D eigenvalue weighted by Crippen LogP contribution is 2.27. The number of rotatable bonds is 8. The van der Waals surface area contributed by atoms with Crippen molar-refractivity contribution in [2.24, 2.45) is 0 Å². The average molecular weight is 410 g/mol. The topological polar surface area (TPSA) is 47.6 Å². The van der Waals surface area contributed by atoms with Crippen LogP contribution >= 0.6 is 11.6 Å². The third-order valence-corrected chi connectivity index (χ3v) is 4.77. The zero-order valence-corrected chi connectivity index (χ0v) is 17.3. The molecule has 0 aliphatic heterocycles. The van der Waals surface area contributed by atoms with E-state index in [9.17, 15) is 4.79 Å². The van der Waals surface area contributed by atoms with Gasteiger partial charge in [0.25, 0.3) is 5.91 Å². The normalized spacial score (nSPS) is 10.4. The molecule has 0 radical (unpaired) electrons. The van der Waals surface area contributed by atoms with Crippen LogP contribution in [0.3, 0.4) is 0 Å². The van der Waals surface area contributed by atoms with Crippen LogP contribution in [-0.2, 0) is 13.0 Å². The second-order valence-electron chi connectivity index (χ2n) is 6.48. The van der Waals surface area contributed by atoms with Crippen molar-refractivity contribution in [2.75, 3.05) is 11.9 Å². The smallest absolute Gasteiger partial charge is 0.255 e. The summed E-state index contributed by atoms with van der Waals surface area (Å²) < 4.78 is 11.5. The molecule has 29 heavy (non-hydrogen) atoms. The molecule has 0 fully saturated rings. The first-order valence-electron chi connectivity index (χ1n) is 9.64. The van der Waals surface area contributed by atoms with Gasteiger partial charge in [-0.15, -0.1) is 0 Å². The third kappa shape index (κ3) is 5.52. The monoisotopic (exact) mass is 409 g/mol. The molecule has 0 saturated carbocycles. The third-order valence-electron chi connectivity index (χ3n) is 4.46. The van der Waals surface area contributed by atoms with Crippen molar-refractivity contribution in [1.82, 2.24) is 0 Å². The van der Waals surface area contributed by atoms with E-state index in [1.807, 2.05) is 43.3 Å². The fourth-order valence-corrected chi connectivity index (χ4v) is 3.06. The molecule has 0 spiro atoms. The average Bonchev–Trinajstić information content (AvgIpc) is 2.74. The van der Waals surface area contributed by atoms with Gasteiger partial charge in [0, 0.05) is 16.8 Å². The number of nitrogens with one attached hydrogen (secondary N) is 1. The van der Waals surface area contributed by atoms with Gasteiger partial charge in [-0.1, -0.05) is 42.8 Å². The van der Waals surface area contributed by atoms with Gasteiger partial charge in [0.05, 0.1) is 11.6 Å². The molecule has 0 aliphatic rings. The molecule has 0 bridgehead atoms. The minimum atomic E-state index is -0.184. The second kappa shape index (κ2) is 9.99. The zero-order valence-electron chi connectivity index (χ0n) is 16.6. The lowest BCUT2D eigenvalue weighted by atomic mass is 10.1. The van der Waals surface area contributed by atoms with Gasteiger partial charge in [0.1, 0.15) is 18.1 Å². The van der Waals surface area contributed by atoms with Crippen LogP contribution in [0.2, 0.25) is 5.02 Å². The Morgan fingerprint density at radius 1 is 0.931 bits per heavy atom. The SMILES string of the molecule is CCOc1ccc(C(=O)Nc2ccc(CC)cc2)cc1COc1ccccc1Cl. The van der Waals surface area contributed by atoms with Crippen molar-refractivity contribution >= 4 is 23.2 Å². The van der Waals surface area contributed by atoms with Crippen molar-refractivity contribution < 1.29 is 14.3 Å². The molecule has 4 nitrogen and oxygen atoms in total. The number of anilines is 1. The molecule has 1 amide bonds. The largest absolute Gasteiger partial charge is 0.493 e. The van der Waals surface area contributed by atoms with E-state index in [-0.39, 0.29) is 12.5 Å². The summed E-state index contributed by atoms with van der Waals surface area (Å²) in [5, 5.41) is 3.47. The lowest BCUT2D eigenvalue weighted by Gasteiger charge is -2.14. The number of amides is 1. The summed E-state index contributed by atoms with van der Waals surface area (Å²) in [6.07, 6.45) is 0.960. The van der Waals surface area contributed by atoms with Crippen molar-refractivity contribution in [2.45, 2.75) is 26.9 Å². The molecule has 150 valence electrons. The van der Waals surface area contributed by atoms with Crippen LogP contribution in [0, 0.1) is 0 Å². The maximum absolute atomic E-state index is 12.7. The predicted octanol–water partition coefficient (Wildman–Crippen LogP) is 6.13. The lowest BCUT2D eigenvalue weighted by Crippen LogP contribution is -2.13. The number of carbonyl (C=O) groups excluding carboxylic acids is 1. The number of hydrogen-bond acceptors (Lipinski definition) is 3. The van der Waals surface area contributed by atoms with Crippen LogP contribution in [0.15, 0.2) is 66.7 Å². The number of ether oxygens (including phenoxy) is 2. The van der Waals surface area contributed by atoms with E-state index < -0.39 is 0 Å². The molecule has 1 N–H and O–H groups in total. The first-order valence-corrected chi connectivity index (χ1v) is 10.0. The molecular formula is C24H24ClNO3. The fourth-order valence-electron chi connectivity index (χ4n) is 2.87. The minimum Gasteiger partial charge on any atom is -0.493 e. The quantitative estimate of drug-likeness (QED) is 0.486. The first-order chi connectivity index (χ1) is 14.1. The van der Waals surface area contributed by atoms with E-state index in [2.05, 4.69) is 12.2 Å². The van der Waals surface area contributed by atoms with Crippen LogP contribution in [-0.4, -0.2) is 12.5 Å². The molecular weight excluding hydrogens is 386 g/mol. The van der Waals surface area contributed by atoms with E-state index in [0.717, 1.165) is 17.7 Å². The van der Waals surface area contributed by atoms with Gasteiger partial charge in [-0.25, -0.2) is 0 Å². The van der Waals surface area contributed by atoms with Gasteiger partial charge >= 0.3 is 0 Å². The first kappa shape index (κ1) is 20.7. The Balaban J connectivity index is 1.77. The Morgan fingerprint density at radius 3 is 2.38 bits per heavy atom. The number of halogens is 1. The molecule has 3 aromatic rings. The minimum absolute atomic E-state index is 0.184. The van der Waals surface area contributed by atoms with Crippen LogP contribution < -0.4 is 14.8 Å². The summed E-state index contributed by atoms with van der Waals surface area (Å²) in [5.41, 5.74) is 3.30. The molecule has 3 aromatic carbocycles. The van der Waals surface area contributed by atoms with Crippen LogP contribution in [0.1, 0.15) is 35.3 Å². The summed E-state index contributed by atoms with van der Waals surface area (Å²) in [6.45, 7) is 4.78. The number of carbonyl (C=O) groups is 1. The summed E-state index contributed by atoms with van der Waals surface area (Å²) >= 11 is 6.16. The number of aryl methyl sites for hydroxylation is 1. The van der Waals surface area contributed by atoms with Crippen molar-refractivity contribution in [3.63, 3.8) is 0 Å². The summed E-state index contributed by atoms with van der Waals surface area (Å²) in [7, 11) is 0. The number of benzene rings is 3. The predicted molar refractivity (Wildman–Crippen MR) is 117 cm³/mol. The Morgan fingerprint density at radius 2 is 1.69 bits per heavy atom. The van der Waals surface area contributed by atoms with Gasteiger partial charge in [-0.05, 0) is 61.4 Å². The zero-order chi connectivity index (χ0) is 20.6. The Hall–Kier alpha value is -2.98. The Bertz CT molecular complexity index is 970. The number of para-hydroxylation sites is 1. The molecule has 5 heteroatoms. The highest BCUT2D eigenvalue weighted by atomic mass is 35.5. The van der Waals surface area contributed by atoms with E-state index in [1.165, 1.54) is 5.56 Å². The molecule has 0 unspecified atom stereocenters. The van der Waals surface area contributed by atoms with Crippen LogP contribution in [0.4, 0.5) is 5.69 Å². The molecule has 0 aliphatic carbocycles. The van der Waals surface area contributed by atoms with E-state index in [4.69, 9.17) is 21.1 Å². The number of hydrogen-bond donors (Lipinski definition) is 1. The summed E-state index contributed by atoms with van der Waals surface area (Å²) in [4.78, 5) is 12.7. The highest BCUT2D eigenvalue weighted by Gasteiger charge is 2.12. The van der Waals surface area contributed by atoms with Crippen molar-refractivity contribution in [1.29, 1.82) is 0 Å². The van der Waals surface area contributed by atoms with E-state index in [0.29, 0.717) is 28.7 Å². The standard InChI is InChI=1S/C24H24ClNO3/c1-3-17-9-12-20(13-10-17)26-24(27)18-11-14-22(28-4-2)19(15-18)16-29-23-8-6-5-7-21(23)25/h5-15H,3-4,16H2,1-2H3,(H,26,27). The van der Waals surface area contributed by atoms with Crippen LogP contribution in [0.5, 0.6) is 11.5 Å². The van der Waals surface area contributed by atoms with E-state index in [1.54, 1.807) is 30.3 Å². The van der Waals surface area contributed by atoms with Gasteiger partial charge < -0.3 is 14.8 Å². The lowest BCUT2D eigenvalue weighted by molar-refractivity contribution is 0.102. The highest BCUT2D eigenvalue weighted by molar-refractivity contribution is 6.32.